The first kappa shape index (κ1) is 20.2. The lowest BCUT2D eigenvalue weighted by atomic mass is 10.1. The fourth-order valence-electron chi connectivity index (χ4n) is 3.29. The van der Waals surface area contributed by atoms with E-state index in [4.69, 9.17) is 0 Å². The van der Waals surface area contributed by atoms with Gasteiger partial charge in [-0.2, -0.15) is 0 Å². The molecule has 4 rings (SSSR count). The molecule has 0 saturated carbocycles. The SMILES string of the molecule is Cc1ccc(CNC(=O)/C(=C/c2c[nH]c3ccccc23)NC(=O)c2ccccc2)cc1. The Hall–Kier alpha value is -4.12. The van der Waals surface area contributed by atoms with Gasteiger partial charge in [0.15, 0.2) is 0 Å². The van der Waals surface area contributed by atoms with E-state index in [1.807, 2.05) is 67.7 Å². The van der Waals surface area contributed by atoms with Gasteiger partial charge in [0.25, 0.3) is 11.8 Å². The van der Waals surface area contributed by atoms with Crippen LogP contribution in [0.1, 0.15) is 27.0 Å². The van der Waals surface area contributed by atoms with Gasteiger partial charge in [-0.3, -0.25) is 9.59 Å². The van der Waals surface area contributed by atoms with Gasteiger partial charge in [-0.25, -0.2) is 0 Å². The summed E-state index contributed by atoms with van der Waals surface area (Å²) < 4.78 is 0. The molecular formula is C26H23N3O2. The highest BCUT2D eigenvalue weighted by Gasteiger charge is 2.15. The van der Waals surface area contributed by atoms with Crippen molar-refractivity contribution in [2.75, 3.05) is 0 Å². The summed E-state index contributed by atoms with van der Waals surface area (Å²) in [6.45, 7) is 2.38. The lowest BCUT2D eigenvalue weighted by molar-refractivity contribution is -0.117. The minimum absolute atomic E-state index is 0.186. The van der Waals surface area contributed by atoms with Crippen molar-refractivity contribution in [2.24, 2.45) is 0 Å². The molecular weight excluding hydrogens is 386 g/mol. The lowest BCUT2D eigenvalue weighted by Gasteiger charge is -2.11. The summed E-state index contributed by atoms with van der Waals surface area (Å²) in [7, 11) is 0. The summed E-state index contributed by atoms with van der Waals surface area (Å²) in [5.41, 5.74) is 4.60. The third-order valence-corrected chi connectivity index (χ3v) is 5.02. The summed E-state index contributed by atoms with van der Waals surface area (Å²) in [5, 5.41) is 6.65. The molecule has 0 aliphatic heterocycles. The van der Waals surface area contributed by atoms with Crippen LogP contribution in [0.2, 0.25) is 0 Å². The molecule has 1 aromatic heterocycles. The number of H-pyrrole nitrogens is 1. The molecule has 0 saturated heterocycles. The van der Waals surface area contributed by atoms with Crippen molar-refractivity contribution in [1.82, 2.24) is 15.6 Å². The van der Waals surface area contributed by atoms with Crippen LogP contribution in [0.4, 0.5) is 0 Å². The van der Waals surface area contributed by atoms with Crippen molar-refractivity contribution in [3.63, 3.8) is 0 Å². The van der Waals surface area contributed by atoms with Crippen molar-refractivity contribution >= 4 is 28.8 Å². The lowest BCUT2D eigenvalue weighted by Crippen LogP contribution is -2.34. The summed E-state index contributed by atoms with van der Waals surface area (Å²) in [5.74, 6) is -0.688. The Kier molecular flexibility index (Phi) is 5.94. The van der Waals surface area contributed by atoms with Crippen molar-refractivity contribution in [2.45, 2.75) is 13.5 Å². The van der Waals surface area contributed by atoms with Crippen molar-refractivity contribution < 1.29 is 9.59 Å². The molecule has 3 aromatic carbocycles. The number of amides is 2. The molecule has 0 aliphatic rings. The van der Waals surface area contributed by atoms with Crippen LogP contribution >= 0.6 is 0 Å². The largest absolute Gasteiger partial charge is 0.361 e. The zero-order chi connectivity index (χ0) is 21.6. The quantitative estimate of drug-likeness (QED) is 0.408. The molecule has 5 nitrogen and oxygen atoms in total. The number of carbonyl (C=O) groups excluding carboxylic acids is 2. The van der Waals surface area contributed by atoms with Gasteiger partial charge in [0.2, 0.25) is 0 Å². The summed E-state index contributed by atoms with van der Waals surface area (Å²) in [6.07, 6.45) is 3.52. The fourth-order valence-corrected chi connectivity index (χ4v) is 3.29. The van der Waals surface area contributed by atoms with Crippen LogP contribution < -0.4 is 10.6 Å². The van der Waals surface area contributed by atoms with Crippen LogP contribution in [0.3, 0.4) is 0 Å². The van der Waals surface area contributed by atoms with Gasteiger partial charge in [0, 0.05) is 34.8 Å². The molecule has 0 fully saturated rings. The second-order valence-corrected chi connectivity index (χ2v) is 7.34. The van der Waals surface area contributed by atoms with Crippen LogP contribution in [-0.4, -0.2) is 16.8 Å². The first-order chi connectivity index (χ1) is 15.1. The standard InChI is InChI=1S/C26H23N3O2/c1-18-11-13-19(14-12-18)16-28-26(31)24(29-25(30)20-7-3-2-4-8-20)15-21-17-27-23-10-6-5-9-22(21)23/h2-15,17,27H,16H2,1H3,(H,28,31)(H,29,30)/b24-15-. The van der Waals surface area contributed by atoms with Gasteiger partial charge < -0.3 is 15.6 Å². The van der Waals surface area contributed by atoms with E-state index in [-0.39, 0.29) is 17.5 Å². The Bertz CT molecular complexity index is 1240. The zero-order valence-electron chi connectivity index (χ0n) is 17.2. The predicted octanol–water partition coefficient (Wildman–Crippen LogP) is 4.56. The van der Waals surface area contributed by atoms with E-state index in [0.717, 1.165) is 27.6 Å². The summed E-state index contributed by atoms with van der Waals surface area (Å²) >= 11 is 0. The number of aryl methyl sites for hydroxylation is 1. The van der Waals surface area contributed by atoms with Crippen LogP contribution in [0.15, 0.2) is 90.8 Å². The van der Waals surface area contributed by atoms with Gasteiger partial charge in [0.05, 0.1) is 0 Å². The van der Waals surface area contributed by atoms with E-state index >= 15 is 0 Å². The first-order valence-corrected chi connectivity index (χ1v) is 10.1. The molecule has 4 aromatic rings. The van der Waals surface area contributed by atoms with Crippen LogP contribution in [0.5, 0.6) is 0 Å². The Balaban J connectivity index is 1.60. The third-order valence-electron chi connectivity index (χ3n) is 5.02. The third kappa shape index (κ3) is 4.90. The highest BCUT2D eigenvalue weighted by atomic mass is 16.2. The van der Waals surface area contributed by atoms with E-state index in [0.29, 0.717) is 12.1 Å². The van der Waals surface area contributed by atoms with Crippen LogP contribution in [0.25, 0.3) is 17.0 Å². The smallest absolute Gasteiger partial charge is 0.268 e. The number of hydrogen-bond donors (Lipinski definition) is 3. The monoisotopic (exact) mass is 409 g/mol. The van der Waals surface area contributed by atoms with Gasteiger partial charge in [-0.05, 0) is 36.8 Å². The van der Waals surface area contributed by atoms with E-state index in [1.165, 1.54) is 0 Å². The molecule has 154 valence electrons. The maximum Gasteiger partial charge on any atom is 0.268 e. The van der Waals surface area contributed by atoms with E-state index in [1.54, 1.807) is 30.3 Å². The van der Waals surface area contributed by atoms with Crippen molar-refractivity contribution in [3.05, 3.63) is 113 Å². The minimum Gasteiger partial charge on any atom is -0.361 e. The maximum atomic E-state index is 13.0. The first-order valence-electron chi connectivity index (χ1n) is 10.1. The summed E-state index contributed by atoms with van der Waals surface area (Å²) in [6, 6.07) is 24.6. The number of rotatable bonds is 6. The van der Waals surface area contributed by atoms with E-state index < -0.39 is 0 Å². The highest BCUT2D eigenvalue weighted by Crippen LogP contribution is 2.20. The minimum atomic E-state index is -0.352. The predicted molar refractivity (Wildman–Crippen MR) is 123 cm³/mol. The fraction of sp³-hybridized carbons (Fsp3) is 0.0769. The normalized spacial score (nSPS) is 11.3. The Labute approximate surface area is 180 Å². The topological polar surface area (TPSA) is 74.0 Å². The van der Waals surface area contributed by atoms with Crippen molar-refractivity contribution in [1.29, 1.82) is 0 Å². The average Bonchev–Trinajstić information content (AvgIpc) is 3.21. The number of para-hydroxylation sites is 1. The number of benzene rings is 3. The molecule has 0 spiro atoms. The second-order valence-electron chi connectivity index (χ2n) is 7.34. The number of aromatic nitrogens is 1. The maximum absolute atomic E-state index is 13.0. The number of carbonyl (C=O) groups is 2. The number of hydrogen-bond acceptors (Lipinski definition) is 2. The average molecular weight is 409 g/mol. The second kappa shape index (κ2) is 9.13. The molecule has 31 heavy (non-hydrogen) atoms. The molecule has 0 aliphatic carbocycles. The van der Waals surface area contributed by atoms with E-state index in [2.05, 4.69) is 15.6 Å². The Morgan fingerprint density at radius 1 is 0.903 bits per heavy atom. The molecule has 3 N–H and O–H groups in total. The highest BCUT2D eigenvalue weighted by molar-refractivity contribution is 6.06. The van der Waals surface area contributed by atoms with Gasteiger partial charge in [-0.1, -0.05) is 66.2 Å². The van der Waals surface area contributed by atoms with Crippen molar-refractivity contribution in [3.8, 4) is 0 Å². The molecule has 0 bridgehead atoms. The summed E-state index contributed by atoms with van der Waals surface area (Å²) in [4.78, 5) is 28.9. The van der Waals surface area contributed by atoms with Gasteiger partial charge in [0.1, 0.15) is 5.70 Å². The van der Waals surface area contributed by atoms with Crippen LogP contribution in [-0.2, 0) is 11.3 Å². The molecule has 1 heterocycles. The van der Waals surface area contributed by atoms with Gasteiger partial charge in [-0.15, -0.1) is 0 Å². The molecule has 5 heteroatoms. The molecule has 2 amide bonds. The Morgan fingerprint density at radius 3 is 2.39 bits per heavy atom. The Morgan fingerprint density at radius 2 is 1.61 bits per heavy atom. The number of aromatic amines is 1. The molecule has 0 unspecified atom stereocenters. The number of nitrogens with one attached hydrogen (secondary N) is 3. The van der Waals surface area contributed by atoms with Gasteiger partial charge >= 0.3 is 0 Å². The molecule has 0 radical (unpaired) electrons. The van der Waals surface area contributed by atoms with E-state index in [9.17, 15) is 9.59 Å². The zero-order valence-corrected chi connectivity index (χ0v) is 17.2. The number of fused-ring (bicyclic) bond motifs is 1. The molecule has 0 atom stereocenters. The van der Waals surface area contributed by atoms with Crippen LogP contribution in [0, 0.1) is 6.92 Å².